The average molecular weight is 1280 g/mol. The zero-order valence-electron chi connectivity index (χ0n) is 51.8. The Morgan fingerprint density at radius 2 is 0.660 bits per heavy atom. The molecule has 446 valence electrons. The standard InChI is InChI=1S/C39H22N2O.C27H23BN2O3.C18H11Br/c1-2-11-27-25(9-1)26-10-3-4-12-28(26)32-21-23(17-19-29(27)32)24-18-20-36-33(22-24)37-38(42-36)30-13-5-6-14-31(30)39-40-34-15-7-8-16-35(34)41(37)39;1-26(2)27(3,4)33-28(32-26)16-13-14-22-19(15-16)23-24(31-22)17-9-5-6-10-18(17)25-29-20-11-7-8-12-21(20)30(23)25;19-12-9-10-17-15-7-2-1-5-13(15)14-6-3-4-8-16(14)18(17)11-12/h1-22H;5-15H,1-4H3;1-11H. The third-order valence-electron chi connectivity index (χ3n) is 20.1. The van der Waals surface area contributed by atoms with Gasteiger partial charge in [-0.1, -0.05) is 216 Å². The number of fused-ring (bicyclic) bond motifs is 32. The number of imidazole rings is 2. The number of halogens is 1. The average Bonchev–Trinajstić information content (AvgIpc) is 1.61. The van der Waals surface area contributed by atoms with Crippen molar-refractivity contribution in [3.63, 3.8) is 0 Å². The molecule has 20 aromatic rings. The molecule has 0 spiro atoms. The fraction of sp³-hybridized carbons (Fsp3) is 0.0714. The normalized spacial score (nSPS) is 14.1. The molecular weight excluding hydrogens is 1220 g/mol. The molecule has 6 aromatic heterocycles. The molecule has 1 saturated heterocycles. The van der Waals surface area contributed by atoms with Crippen molar-refractivity contribution in [1.82, 2.24) is 18.8 Å². The van der Waals surface area contributed by atoms with E-state index < -0.39 is 18.3 Å². The fourth-order valence-electron chi connectivity index (χ4n) is 14.9. The van der Waals surface area contributed by atoms with Crippen molar-refractivity contribution in [1.29, 1.82) is 0 Å². The molecule has 1 aliphatic rings. The lowest BCUT2D eigenvalue weighted by atomic mass is 9.78. The molecule has 0 radical (unpaired) electrons. The van der Waals surface area contributed by atoms with E-state index in [0.29, 0.717) is 0 Å². The summed E-state index contributed by atoms with van der Waals surface area (Å²) in [7, 11) is -0.431. The quantitative estimate of drug-likeness (QED) is 0.127. The van der Waals surface area contributed by atoms with E-state index >= 15 is 0 Å². The van der Waals surface area contributed by atoms with Crippen LogP contribution in [0.2, 0.25) is 0 Å². The Morgan fingerprint density at radius 1 is 0.319 bits per heavy atom. The van der Waals surface area contributed by atoms with Gasteiger partial charge in [-0.25, -0.2) is 9.97 Å². The first kappa shape index (κ1) is 54.8. The smallest absolute Gasteiger partial charge is 0.454 e. The molecule has 21 rings (SSSR count). The van der Waals surface area contributed by atoms with E-state index in [0.717, 1.165) is 115 Å². The van der Waals surface area contributed by atoms with E-state index in [1.165, 1.54) is 70.2 Å². The first-order valence-electron chi connectivity index (χ1n) is 32.0. The van der Waals surface area contributed by atoms with Crippen LogP contribution in [0.1, 0.15) is 27.7 Å². The van der Waals surface area contributed by atoms with Gasteiger partial charge < -0.3 is 18.1 Å². The maximum absolute atomic E-state index is 6.61. The summed E-state index contributed by atoms with van der Waals surface area (Å²) >= 11 is 3.58. The van der Waals surface area contributed by atoms with Crippen LogP contribution in [0.5, 0.6) is 0 Å². The van der Waals surface area contributed by atoms with Gasteiger partial charge in [-0.05, 0) is 176 Å². The number of hydrogen-bond donors (Lipinski definition) is 0. The Morgan fingerprint density at radius 3 is 1.13 bits per heavy atom. The summed E-state index contributed by atoms with van der Waals surface area (Å²) in [5, 5.41) is 22.0. The molecule has 14 aromatic carbocycles. The molecule has 0 atom stereocenters. The van der Waals surface area contributed by atoms with Crippen LogP contribution in [0, 0.1) is 0 Å². The lowest BCUT2D eigenvalue weighted by Crippen LogP contribution is -2.41. The van der Waals surface area contributed by atoms with Gasteiger partial charge in [0, 0.05) is 36.8 Å². The molecule has 0 N–H and O–H groups in total. The van der Waals surface area contributed by atoms with Gasteiger partial charge in [-0.3, -0.25) is 8.80 Å². The van der Waals surface area contributed by atoms with E-state index in [2.05, 4.69) is 283 Å². The van der Waals surface area contributed by atoms with Gasteiger partial charge in [0.1, 0.15) is 33.5 Å². The van der Waals surface area contributed by atoms with E-state index in [4.69, 9.17) is 28.1 Å². The van der Waals surface area contributed by atoms with Crippen LogP contribution in [0.25, 0.3) is 175 Å². The van der Waals surface area contributed by atoms with E-state index in [-0.39, 0.29) is 0 Å². The predicted molar refractivity (Wildman–Crippen MR) is 395 cm³/mol. The summed E-state index contributed by atoms with van der Waals surface area (Å²) in [6.45, 7) is 8.30. The van der Waals surface area contributed by atoms with Crippen LogP contribution in [0.3, 0.4) is 0 Å². The highest BCUT2D eigenvalue weighted by Gasteiger charge is 2.52. The lowest BCUT2D eigenvalue weighted by Gasteiger charge is -2.32. The summed E-state index contributed by atoms with van der Waals surface area (Å²) in [4.78, 5) is 10.1. The highest BCUT2D eigenvalue weighted by atomic mass is 79.9. The van der Waals surface area contributed by atoms with Crippen LogP contribution in [0.4, 0.5) is 0 Å². The van der Waals surface area contributed by atoms with Crippen molar-refractivity contribution in [3.8, 4) is 11.1 Å². The Balaban J connectivity index is 0.000000107. The van der Waals surface area contributed by atoms with Gasteiger partial charge in [0.25, 0.3) is 0 Å². The number of rotatable bonds is 2. The Hall–Kier alpha value is -10.9. The van der Waals surface area contributed by atoms with E-state index in [9.17, 15) is 0 Å². The van der Waals surface area contributed by atoms with Crippen LogP contribution < -0.4 is 5.46 Å². The van der Waals surface area contributed by atoms with Crippen molar-refractivity contribution >= 4 is 192 Å². The van der Waals surface area contributed by atoms with E-state index in [1.807, 2.05) is 36.4 Å². The third-order valence-corrected chi connectivity index (χ3v) is 20.5. The largest absolute Gasteiger partial charge is 0.494 e. The minimum absolute atomic E-state index is 0.394. The highest BCUT2D eigenvalue weighted by molar-refractivity contribution is 9.10. The molecule has 8 nitrogen and oxygen atoms in total. The number of pyridine rings is 2. The molecule has 0 saturated carbocycles. The predicted octanol–water partition coefficient (Wildman–Crippen LogP) is 22.4. The Bertz CT molecular complexity index is 6530. The zero-order chi connectivity index (χ0) is 62.7. The van der Waals surface area contributed by atoms with Gasteiger partial charge >= 0.3 is 7.12 Å². The van der Waals surface area contributed by atoms with Crippen molar-refractivity contribution in [3.05, 3.63) is 271 Å². The van der Waals surface area contributed by atoms with Crippen LogP contribution in [-0.4, -0.2) is 37.1 Å². The van der Waals surface area contributed by atoms with Gasteiger partial charge in [-0.2, -0.15) is 0 Å². The molecule has 0 bridgehead atoms. The molecular formula is C84H56BBrN4O4. The Kier molecular flexibility index (Phi) is 12.0. The number of hydrogen-bond acceptors (Lipinski definition) is 6. The topological polar surface area (TPSA) is 79.3 Å². The first-order chi connectivity index (χ1) is 46.0. The number of nitrogens with zero attached hydrogens (tertiary/aromatic N) is 4. The summed E-state index contributed by atoms with van der Waals surface area (Å²) in [6.07, 6.45) is 0. The SMILES string of the molecule is Brc1ccc2c3ccccc3c3ccccc3c2c1.CC1(C)OB(c2ccc3oc4c5ccccc5c5nc6ccccc6n5c4c3c2)OC1(C)C.c1ccc2c(c1)nc1c3ccccc3c3oc4ccc(-c5ccc6c7ccccc7c7ccccc7c6c5)cc4c3n21. The Labute approximate surface area is 547 Å². The maximum atomic E-state index is 6.61. The fourth-order valence-corrected chi connectivity index (χ4v) is 15.2. The number of aromatic nitrogens is 4. The minimum atomic E-state index is -0.431. The van der Waals surface area contributed by atoms with Crippen LogP contribution >= 0.6 is 15.9 Å². The first-order valence-corrected chi connectivity index (χ1v) is 32.8. The highest BCUT2D eigenvalue weighted by Crippen LogP contribution is 2.44. The molecule has 1 fully saturated rings. The van der Waals surface area contributed by atoms with Gasteiger partial charge in [0.05, 0.1) is 33.3 Å². The number of furan rings is 2. The van der Waals surface area contributed by atoms with Crippen molar-refractivity contribution in [2.45, 2.75) is 38.9 Å². The van der Waals surface area contributed by atoms with Gasteiger partial charge in [-0.15, -0.1) is 0 Å². The van der Waals surface area contributed by atoms with Gasteiger partial charge in [0.15, 0.2) is 11.2 Å². The van der Waals surface area contributed by atoms with Gasteiger partial charge in [0.2, 0.25) is 0 Å². The van der Waals surface area contributed by atoms with E-state index in [1.54, 1.807) is 0 Å². The molecule has 0 aliphatic carbocycles. The summed E-state index contributed by atoms with van der Waals surface area (Å²) < 4.78 is 31.4. The molecule has 0 unspecified atom stereocenters. The molecule has 7 heterocycles. The molecule has 1 aliphatic heterocycles. The minimum Gasteiger partial charge on any atom is -0.454 e. The number of para-hydroxylation sites is 4. The van der Waals surface area contributed by atoms with Crippen LogP contribution in [0.15, 0.2) is 280 Å². The summed E-state index contributed by atoms with van der Waals surface area (Å²) in [6, 6.07) is 94.3. The second-order valence-electron chi connectivity index (χ2n) is 25.9. The molecule has 94 heavy (non-hydrogen) atoms. The summed E-state index contributed by atoms with van der Waals surface area (Å²) in [5.41, 5.74) is 14.1. The maximum Gasteiger partial charge on any atom is 0.494 e. The van der Waals surface area contributed by atoms with Crippen LogP contribution in [-0.2, 0) is 9.31 Å². The number of benzene rings is 14. The molecule has 10 heteroatoms. The third kappa shape index (κ3) is 8.19. The summed E-state index contributed by atoms with van der Waals surface area (Å²) in [5.74, 6) is 0. The monoisotopic (exact) mass is 1270 g/mol. The van der Waals surface area contributed by atoms with Crippen molar-refractivity contribution in [2.24, 2.45) is 0 Å². The second kappa shape index (κ2) is 20.6. The molecule has 0 amide bonds. The van der Waals surface area contributed by atoms with Crippen molar-refractivity contribution < 1.29 is 18.1 Å². The second-order valence-corrected chi connectivity index (χ2v) is 26.8. The van der Waals surface area contributed by atoms with Crippen molar-refractivity contribution in [2.75, 3.05) is 0 Å². The zero-order valence-corrected chi connectivity index (χ0v) is 53.4. The lowest BCUT2D eigenvalue weighted by molar-refractivity contribution is 0.00578.